The van der Waals surface area contributed by atoms with Gasteiger partial charge in [0.2, 0.25) is 0 Å². The van der Waals surface area contributed by atoms with Gasteiger partial charge in [0.05, 0.1) is 25.5 Å². The number of rotatable bonds is 2. The smallest absolute Gasteiger partial charge is 0.272 e. The van der Waals surface area contributed by atoms with E-state index >= 15 is 0 Å². The van der Waals surface area contributed by atoms with Gasteiger partial charge in [-0.15, -0.1) is 0 Å². The molecule has 2 unspecified atom stereocenters. The Morgan fingerprint density at radius 3 is 2.92 bits per heavy atom. The molecule has 3 saturated heterocycles. The lowest BCUT2D eigenvalue weighted by Crippen LogP contribution is -2.57. The molecule has 0 aliphatic carbocycles. The molecule has 3 fully saturated rings. The number of carbonyl (C=O) groups is 1. The number of carbonyl (C=O) groups excluding carboxylic acids is 1. The molecule has 1 aromatic rings. The quantitative estimate of drug-likeness (QED) is 0.871. The van der Waals surface area contributed by atoms with Gasteiger partial charge in [-0.25, -0.2) is 4.98 Å². The summed E-state index contributed by atoms with van der Waals surface area (Å²) >= 11 is 0. The van der Waals surface area contributed by atoms with Gasteiger partial charge in [0.15, 0.2) is 0 Å². The van der Waals surface area contributed by atoms with Crippen LogP contribution in [-0.4, -0.2) is 83.8 Å². The molecule has 7 nitrogen and oxygen atoms in total. The van der Waals surface area contributed by atoms with Crippen molar-refractivity contribution in [3.05, 3.63) is 17.7 Å². The Hall–Kier alpha value is -1.44. The summed E-state index contributed by atoms with van der Waals surface area (Å²) in [5.74, 6) is 1.40. The fourth-order valence-electron chi connectivity index (χ4n) is 4.29. The number of likely N-dealkylation sites (tertiary alicyclic amines) is 1. The minimum absolute atomic E-state index is 0.0214. The van der Waals surface area contributed by atoms with E-state index in [4.69, 9.17) is 9.47 Å². The Labute approximate surface area is 148 Å². The van der Waals surface area contributed by atoms with Crippen molar-refractivity contribution in [2.45, 2.75) is 43.8 Å². The van der Waals surface area contributed by atoms with Crippen LogP contribution in [0.3, 0.4) is 0 Å². The first-order valence-corrected chi connectivity index (χ1v) is 9.33. The first-order valence-electron chi connectivity index (χ1n) is 9.33. The van der Waals surface area contributed by atoms with Crippen LogP contribution >= 0.6 is 0 Å². The number of ether oxygens (including phenoxy) is 2. The number of amides is 1. The van der Waals surface area contributed by atoms with Gasteiger partial charge >= 0.3 is 0 Å². The highest BCUT2D eigenvalue weighted by atomic mass is 16.6. The van der Waals surface area contributed by atoms with E-state index in [-0.39, 0.29) is 17.6 Å². The fraction of sp³-hybridized carbons (Fsp3) is 0.778. The van der Waals surface area contributed by atoms with Crippen LogP contribution in [0, 0.1) is 0 Å². The summed E-state index contributed by atoms with van der Waals surface area (Å²) in [4.78, 5) is 25.0. The molecule has 0 bridgehead atoms. The maximum Gasteiger partial charge on any atom is 0.272 e. The minimum atomic E-state index is -0.329. The van der Waals surface area contributed by atoms with Crippen molar-refractivity contribution in [3.8, 4) is 0 Å². The SMILES string of the molecule is CC1CN(C(=O)c2cnc(C3CCN(C)CC3)[nH]2)CC2(CCOC2)O1. The lowest BCUT2D eigenvalue weighted by atomic mass is 9.96. The minimum Gasteiger partial charge on any atom is -0.378 e. The molecule has 0 saturated carbocycles. The number of hydrogen-bond donors (Lipinski definition) is 1. The predicted octanol–water partition coefficient (Wildman–Crippen LogP) is 1.24. The molecule has 1 aromatic heterocycles. The van der Waals surface area contributed by atoms with E-state index in [9.17, 15) is 4.79 Å². The molecule has 3 aliphatic heterocycles. The number of nitrogens with zero attached hydrogens (tertiary/aromatic N) is 3. The second-order valence-corrected chi connectivity index (χ2v) is 7.86. The number of H-pyrrole nitrogens is 1. The summed E-state index contributed by atoms with van der Waals surface area (Å²) in [6.45, 7) is 6.68. The van der Waals surface area contributed by atoms with Crippen LogP contribution in [0.15, 0.2) is 6.20 Å². The molecule has 25 heavy (non-hydrogen) atoms. The van der Waals surface area contributed by atoms with E-state index in [1.807, 2.05) is 11.8 Å². The summed E-state index contributed by atoms with van der Waals surface area (Å²) in [7, 11) is 2.15. The van der Waals surface area contributed by atoms with Gasteiger partial charge in [0.25, 0.3) is 5.91 Å². The normalized spacial score (nSPS) is 31.8. The summed E-state index contributed by atoms with van der Waals surface area (Å²) in [5.41, 5.74) is 0.265. The molecule has 4 heterocycles. The van der Waals surface area contributed by atoms with Gasteiger partial charge in [0, 0.05) is 25.5 Å². The second-order valence-electron chi connectivity index (χ2n) is 7.86. The van der Waals surface area contributed by atoms with Crippen molar-refractivity contribution in [1.29, 1.82) is 0 Å². The number of imidazole rings is 1. The Morgan fingerprint density at radius 1 is 1.40 bits per heavy atom. The van der Waals surface area contributed by atoms with Crippen LogP contribution in [0.5, 0.6) is 0 Å². The second kappa shape index (κ2) is 6.70. The highest BCUT2D eigenvalue weighted by molar-refractivity contribution is 5.92. The van der Waals surface area contributed by atoms with Crippen LogP contribution < -0.4 is 0 Å². The summed E-state index contributed by atoms with van der Waals surface area (Å²) in [5, 5.41) is 0. The van der Waals surface area contributed by atoms with E-state index in [0.29, 0.717) is 37.9 Å². The number of nitrogens with one attached hydrogen (secondary N) is 1. The van der Waals surface area contributed by atoms with Crippen LogP contribution in [0.2, 0.25) is 0 Å². The predicted molar refractivity (Wildman–Crippen MR) is 92.7 cm³/mol. The van der Waals surface area contributed by atoms with E-state index in [2.05, 4.69) is 21.9 Å². The van der Waals surface area contributed by atoms with Crippen molar-refractivity contribution in [1.82, 2.24) is 19.8 Å². The van der Waals surface area contributed by atoms with Gasteiger partial charge in [-0.2, -0.15) is 0 Å². The molecule has 138 valence electrons. The van der Waals surface area contributed by atoms with E-state index in [1.54, 1.807) is 6.20 Å². The van der Waals surface area contributed by atoms with Crippen molar-refractivity contribution >= 4 is 5.91 Å². The van der Waals surface area contributed by atoms with Gasteiger partial charge in [-0.05, 0) is 39.9 Å². The highest BCUT2D eigenvalue weighted by Gasteiger charge is 2.44. The summed E-state index contributed by atoms with van der Waals surface area (Å²) in [6, 6.07) is 0. The molecule has 0 radical (unpaired) electrons. The number of morpholine rings is 1. The van der Waals surface area contributed by atoms with Gasteiger partial charge in [-0.1, -0.05) is 0 Å². The number of hydrogen-bond acceptors (Lipinski definition) is 5. The molecule has 1 spiro atoms. The standard InChI is InChI=1S/C18H28N4O3/c1-13-10-22(11-18(25-13)5-8-24-12-18)17(23)15-9-19-16(20-15)14-3-6-21(2)7-4-14/h9,13-14H,3-8,10-12H2,1-2H3,(H,19,20). The molecule has 1 N–H and O–H groups in total. The zero-order chi connectivity index (χ0) is 17.4. The zero-order valence-electron chi connectivity index (χ0n) is 15.2. The summed E-state index contributed by atoms with van der Waals surface area (Å²) in [6.07, 6.45) is 4.76. The summed E-state index contributed by atoms with van der Waals surface area (Å²) < 4.78 is 11.6. The molecule has 3 aliphatic rings. The molecule has 7 heteroatoms. The Balaban J connectivity index is 1.45. The first kappa shape index (κ1) is 17.0. The molecular formula is C18H28N4O3. The van der Waals surface area contributed by atoms with Crippen molar-refractivity contribution in [2.75, 3.05) is 46.4 Å². The third-order valence-corrected chi connectivity index (χ3v) is 5.69. The topological polar surface area (TPSA) is 70.7 Å². The lowest BCUT2D eigenvalue weighted by Gasteiger charge is -2.42. The largest absolute Gasteiger partial charge is 0.378 e. The zero-order valence-corrected chi connectivity index (χ0v) is 15.2. The average molecular weight is 348 g/mol. The number of piperidine rings is 1. The van der Waals surface area contributed by atoms with E-state index in [0.717, 1.165) is 38.2 Å². The van der Waals surface area contributed by atoms with Crippen molar-refractivity contribution in [3.63, 3.8) is 0 Å². The Kier molecular flexibility index (Phi) is 4.56. The van der Waals surface area contributed by atoms with Crippen LogP contribution in [0.1, 0.15) is 48.4 Å². The third kappa shape index (κ3) is 3.45. The first-order chi connectivity index (χ1) is 12.0. The third-order valence-electron chi connectivity index (χ3n) is 5.69. The van der Waals surface area contributed by atoms with Gasteiger partial charge in [0.1, 0.15) is 17.1 Å². The fourth-order valence-corrected chi connectivity index (χ4v) is 4.29. The Morgan fingerprint density at radius 2 is 2.20 bits per heavy atom. The number of aromatic nitrogens is 2. The maximum absolute atomic E-state index is 13.0. The Bertz CT molecular complexity index is 618. The van der Waals surface area contributed by atoms with Gasteiger partial charge < -0.3 is 24.3 Å². The monoisotopic (exact) mass is 348 g/mol. The van der Waals surface area contributed by atoms with Crippen LogP contribution in [0.25, 0.3) is 0 Å². The van der Waals surface area contributed by atoms with Crippen molar-refractivity contribution < 1.29 is 14.3 Å². The lowest BCUT2D eigenvalue weighted by molar-refractivity contribution is -0.138. The molecule has 0 aromatic carbocycles. The number of aromatic amines is 1. The molecule has 1 amide bonds. The molecular weight excluding hydrogens is 320 g/mol. The highest BCUT2D eigenvalue weighted by Crippen LogP contribution is 2.31. The van der Waals surface area contributed by atoms with Gasteiger partial charge in [-0.3, -0.25) is 4.79 Å². The molecule has 4 rings (SSSR count). The molecule has 2 atom stereocenters. The maximum atomic E-state index is 13.0. The van der Waals surface area contributed by atoms with E-state index in [1.165, 1.54) is 0 Å². The van der Waals surface area contributed by atoms with Crippen LogP contribution in [0.4, 0.5) is 0 Å². The average Bonchev–Trinajstić information content (AvgIpc) is 3.24. The van der Waals surface area contributed by atoms with E-state index < -0.39 is 0 Å². The van der Waals surface area contributed by atoms with Crippen LogP contribution in [-0.2, 0) is 9.47 Å². The van der Waals surface area contributed by atoms with Crippen molar-refractivity contribution in [2.24, 2.45) is 0 Å².